The zero-order valence-corrected chi connectivity index (χ0v) is 12.0. The van der Waals surface area contributed by atoms with Crippen LogP contribution in [-0.2, 0) is 13.5 Å². The Hall–Kier alpha value is -2.05. The predicted octanol–water partition coefficient (Wildman–Crippen LogP) is 1.18. The number of aromatic nitrogens is 2. The van der Waals surface area contributed by atoms with Gasteiger partial charge in [0.1, 0.15) is 17.3 Å². The molecule has 0 saturated heterocycles. The van der Waals surface area contributed by atoms with Gasteiger partial charge in [-0.3, -0.25) is 11.3 Å². The molecule has 2 rings (SSSR count). The molecule has 1 heterocycles. The summed E-state index contributed by atoms with van der Waals surface area (Å²) < 4.78 is 12.6. The van der Waals surface area contributed by atoms with Crippen LogP contribution < -0.4 is 20.7 Å². The largest absolute Gasteiger partial charge is 0.497 e. The van der Waals surface area contributed by atoms with Gasteiger partial charge >= 0.3 is 0 Å². The van der Waals surface area contributed by atoms with Gasteiger partial charge in [-0.1, -0.05) is 6.07 Å². The fraction of sp³-hybridized carbons (Fsp3) is 0.357. The van der Waals surface area contributed by atoms with E-state index in [0.717, 1.165) is 22.9 Å². The molecule has 0 aliphatic carbocycles. The first-order chi connectivity index (χ1) is 9.69. The van der Waals surface area contributed by atoms with Gasteiger partial charge in [0.25, 0.3) is 0 Å². The molecule has 0 radical (unpaired) electrons. The highest BCUT2D eigenvalue weighted by Gasteiger charge is 2.18. The number of benzene rings is 1. The second kappa shape index (κ2) is 6.40. The van der Waals surface area contributed by atoms with Crippen molar-refractivity contribution < 1.29 is 9.47 Å². The van der Waals surface area contributed by atoms with Crippen LogP contribution in [0.3, 0.4) is 0 Å². The van der Waals surface area contributed by atoms with Gasteiger partial charge in [-0.15, -0.1) is 0 Å². The molecule has 3 N–H and O–H groups in total. The summed E-state index contributed by atoms with van der Waals surface area (Å²) in [5.41, 5.74) is 3.79. The van der Waals surface area contributed by atoms with E-state index in [1.165, 1.54) is 0 Å². The maximum absolute atomic E-state index is 5.69. The zero-order chi connectivity index (χ0) is 14.5. The number of hydrazine groups is 1. The summed E-state index contributed by atoms with van der Waals surface area (Å²) in [7, 11) is 5.22. The minimum absolute atomic E-state index is 0.0862. The van der Waals surface area contributed by atoms with Crippen molar-refractivity contribution in [3.05, 3.63) is 42.0 Å². The van der Waals surface area contributed by atoms with Gasteiger partial charge in [0.2, 0.25) is 0 Å². The van der Waals surface area contributed by atoms with E-state index < -0.39 is 0 Å². The van der Waals surface area contributed by atoms with Crippen LogP contribution in [-0.4, -0.2) is 23.8 Å². The van der Waals surface area contributed by atoms with Gasteiger partial charge in [-0.25, -0.2) is 4.98 Å². The van der Waals surface area contributed by atoms with Gasteiger partial charge < -0.3 is 14.0 Å². The molecule has 0 amide bonds. The summed E-state index contributed by atoms with van der Waals surface area (Å²) in [5, 5.41) is 0. The normalized spacial score (nSPS) is 12.2. The molecule has 1 aromatic carbocycles. The van der Waals surface area contributed by atoms with E-state index in [4.69, 9.17) is 15.3 Å². The fourth-order valence-corrected chi connectivity index (χ4v) is 2.14. The van der Waals surface area contributed by atoms with Crippen LogP contribution in [0.5, 0.6) is 11.5 Å². The van der Waals surface area contributed by atoms with Gasteiger partial charge in [0.15, 0.2) is 0 Å². The maximum atomic E-state index is 5.69. The Labute approximate surface area is 118 Å². The van der Waals surface area contributed by atoms with Crippen molar-refractivity contribution >= 4 is 0 Å². The summed E-state index contributed by atoms with van der Waals surface area (Å²) in [5.74, 6) is 8.13. The predicted molar refractivity (Wildman–Crippen MR) is 76.5 cm³/mol. The van der Waals surface area contributed by atoms with Crippen molar-refractivity contribution in [3.63, 3.8) is 0 Å². The van der Waals surface area contributed by atoms with Crippen molar-refractivity contribution in [2.24, 2.45) is 12.9 Å². The Morgan fingerprint density at radius 1 is 1.35 bits per heavy atom. The zero-order valence-electron chi connectivity index (χ0n) is 12.0. The Balaban J connectivity index is 2.29. The van der Waals surface area contributed by atoms with E-state index in [1.807, 2.05) is 36.0 Å². The molecule has 6 nitrogen and oxygen atoms in total. The van der Waals surface area contributed by atoms with E-state index >= 15 is 0 Å². The van der Waals surface area contributed by atoms with E-state index in [-0.39, 0.29) is 6.04 Å². The first-order valence-corrected chi connectivity index (χ1v) is 6.33. The smallest absolute Gasteiger partial charge is 0.127 e. The number of methoxy groups -OCH3 is 2. The van der Waals surface area contributed by atoms with Crippen LogP contribution in [0.4, 0.5) is 0 Å². The number of ether oxygens (including phenoxy) is 2. The van der Waals surface area contributed by atoms with E-state index in [1.54, 1.807) is 20.4 Å². The Morgan fingerprint density at radius 2 is 2.15 bits per heavy atom. The molecule has 2 aromatic rings. The minimum Gasteiger partial charge on any atom is -0.497 e. The highest BCUT2D eigenvalue weighted by molar-refractivity contribution is 5.42. The topological polar surface area (TPSA) is 74.3 Å². The van der Waals surface area contributed by atoms with Crippen LogP contribution in [0.1, 0.15) is 17.4 Å². The van der Waals surface area contributed by atoms with E-state index in [2.05, 4.69) is 10.4 Å². The third-order valence-corrected chi connectivity index (χ3v) is 3.32. The van der Waals surface area contributed by atoms with Crippen LogP contribution in [0.25, 0.3) is 0 Å². The molecular formula is C14H20N4O2. The lowest BCUT2D eigenvalue weighted by molar-refractivity contribution is 0.383. The maximum Gasteiger partial charge on any atom is 0.127 e. The summed E-state index contributed by atoms with van der Waals surface area (Å²) >= 11 is 0. The Morgan fingerprint density at radius 3 is 2.70 bits per heavy atom. The molecule has 0 fully saturated rings. The standard InChI is InChI=1S/C14H20N4O2/c1-18-7-6-16-14(18)9-12(17-15)11-5-4-10(19-2)8-13(11)20-3/h4-8,12,17H,9,15H2,1-3H3. The third-order valence-electron chi connectivity index (χ3n) is 3.32. The number of aryl methyl sites for hydroxylation is 1. The van der Waals surface area contributed by atoms with Gasteiger partial charge in [-0.2, -0.15) is 0 Å². The molecule has 108 valence electrons. The SMILES string of the molecule is COc1ccc(C(Cc2nccn2C)NN)c(OC)c1. The monoisotopic (exact) mass is 276 g/mol. The molecule has 20 heavy (non-hydrogen) atoms. The molecule has 0 spiro atoms. The molecular weight excluding hydrogens is 256 g/mol. The molecule has 0 aliphatic heterocycles. The molecule has 6 heteroatoms. The van der Waals surface area contributed by atoms with Gasteiger partial charge in [-0.05, 0) is 6.07 Å². The quantitative estimate of drug-likeness (QED) is 0.612. The van der Waals surface area contributed by atoms with Crippen LogP contribution >= 0.6 is 0 Å². The lowest BCUT2D eigenvalue weighted by atomic mass is 10.0. The van der Waals surface area contributed by atoms with Crippen molar-refractivity contribution in [3.8, 4) is 11.5 Å². The molecule has 1 unspecified atom stereocenters. The molecule has 1 aromatic heterocycles. The molecule has 0 saturated carbocycles. The molecule has 0 bridgehead atoms. The Kier molecular flexibility index (Phi) is 4.60. The lowest BCUT2D eigenvalue weighted by Crippen LogP contribution is -2.30. The van der Waals surface area contributed by atoms with Crippen molar-refractivity contribution in [2.45, 2.75) is 12.5 Å². The number of nitrogens with two attached hydrogens (primary N) is 1. The fourth-order valence-electron chi connectivity index (χ4n) is 2.14. The minimum atomic E-state index is -0.0862. The summed E-state index contributed by atoms with van der Waals surface area (Å²) in [6, 6.07) is 5.60. The number of nitrogens with zero attached hydrogens (tertiary/aromatic N) is 2. The van der Waals surface area contributed by atoms with Crippen LogP contribution in [0.15, 0.2) is 30.6 Å². The highest BCUT2D eigenvalue weighted by Crippen LogP contribution is 2.30. The highest BCUT2D eigenvalue weighted by atomic mass is 16.5. The first-order valence-electron chi connectivity index (χ1n) is 6.33. The number of hydrogen-bond acceptors (Lipinski definition) is 5. The third kappa shape index (κ3) is 2.92. The molecule has 1 atom stereocenters. The lowest BCUT2D eigenvalue weighted by Gasteiger charge is -2.19. The van der Waals surface area contributed by atoms with Gasteiger partial charge in [0.05, 0.1) is 20.3 Å². The number of hydrogen-bond donors (Lipinski definition) is 2. The number of rotatable bonds is 6. The average Bonchev–Trinajstić information content (AvgIpc) is 2.89. The molecule has 0 aliphatic rings. The first kappa shape index (κ1) is 14.4. The van der Waals surface area contributed by atoms with Crippen molar-refractivity contribution in [1.82, 2.24) is 15.0 Å². The number of nitrogens with one attached hydrogen (secondary N) is 1. The summed E-state index contributed by atoms with van der Waals surface area (Å²) in [6.45, 7) is 0. The summed E-state index contributed by atoms with van der Waals surface area (Å²) in [6.07, 6.45) is 4.35. The second-order valence-corrected chi connectivity index (χ2v) is 4.49. The second-order valence-electron chi connectivity index (χ2n) is 4.49. The van der Waals surface area contributed by atoms with Crippen LogP contribution in [0.2, 0.25) is 0 Å². The summed E-state index contributed by atoms with van der Waals surface area (Å²) in [4.78, 5) is 4.32. The van der Waals surface area contributed by atoms with Crippen molar-refractivity contribution in [1.29, 1.82) is 0 Å². The average molecular weight is 276 g/mol. The van der Waals surface area contributed by atoms with Crippen LogP contribution in [0, 0.1) is 0 Å². The number of imidazole rings is 1. The van der Waals surface area contributed by atoms with Crippen molar-refractivity contribution in [2.75, 3.05) is 14.2 Å². The van der Waals surface area contributed by atoms with E-state index in [9.17, 15) is 0 Å². The van der Waals surface area contributed by atoms with E-state index in [0.29, 0.717) is 6.42 Å². The van der Waals surface area contributed by atoms with Gasteiger partial charge in [0, 0.05) is 37.5 Å². The Bertz CT molecular complexity index is 568.